The lowest BCUT2D eigenvalue weighted by Crippen LogP contribution is -2.47. The summed E-state index contributed by atoms with van der Waals surface area (Å²) >= 11 is 12.1. The Morgan fingerprint density at radius 2 is 1.35 bits per heavy atom. The quantitative estimate of drug-likeness (QED) is 0.343. The number of methoxy groups -OCH3 is 1. The van der Waals surface area contributed by atoms with E-state index in [1.165, 1.54) is 0 Å². The van der Waals surface area contributed by atoms with Crippen molar-refractivity contribution in [2.45, 2.75) is 19.3 Å². The second-order valence-corrected chi connectivity index (χ2v) is 10.8. The van der Waals surface area contributed by atoms with Crippen LogP contribution in [-0.2, 0) is 0 Å². The molecular formula is C30H33Cl2N5O3. The largest absolute Gasteiger partial charge is 0.495 e. The number of rotatable bonds is 6. The third-order valence-corrected chi connectivity index (χ3v) is 8.09. The van der Waals surface area contributed by atoms with Crippen molar-refractivity contribution in [1.82, 2.24) is 4.90 Å². The molecule has 10 heteroatoms. The topological polar surface area (TPSA) is 77.1 Å². The average Bonchev–Trinajstić information content (AvgIpc) is 2.99. The molecule has 0 saturated carbocycles. The summed E-state index contributed by atoms with van der Waals surface area (Å²) in [6.45, 7) is 4.59. The number of piperazine rings is 1. The minimum atomic E-state index is -0.437. The Hall–Kier alpha value is -3.62. The molecular weight excluding hydrogens is 549 g/mol. The van der Waals surface area contributed by atoms with Crippen molar-refractivity contribution in [2.75, 3.05) is 66.8 Å². The van der Waals surface area contributed by atoms with Gasteiger partial charge in [-0.1, -0.05) is 35.3 Å². The van der Waals surface area contributed by atoms with E-state index in [4.69, 9.17) is 27.9 Å². The molecule has 2 aliphatic heterocycles. The lowest BCUT2D eigenvalue weighted by molar-refractivity contribution is 0.0725. The lowest BCUT2D eigenvalue weighted by Gasteiger charge is -2.39. The maximum atomic E-state index is 13.7. The van der Waals surface area contributed by atoms with E-state index in [2.05, 4.69) is 26.5 Å². The third kappa shape index (κ3) is 6.40. The second-order valence-electron chi connectivity index (χ2n) is 9.94. The predicted octanol–water partition coefficient (Wildman–Crippen LogP) is 6.60. The number of ether oxygens (including phenoxy) is 1. The van der Waals surface area contributed by atoms with Crippen molar-refractivity contribution >= 4 is 57.9 Å². The zero-order valence-electron chi connectivity index (χ0n) is 22.5. The van der Waals surface area contributed by atoms with Gasteiger partial charge in [0.1, 0.15) is 5.75 Å². The van der Waals surface area contributed by atoms with Crippen molar-refractivity contribution in [1.29, 1.82) is 0 Å². The number of para-hydroxylation sites is 2. The van der Waals surface area contributed by atoms with Crippen molar-refractivity contribution in [2.24, 2.45) is 0 Å². The first-order valence-corrected chi connectivity index (χ1v) is 14.3. The van der Waals surface area contributed by atoms with Gasteiger partial charge >= 0.3 is 6.03 Å². The molecule has 2 saturated heterocycles. The molecule has 2 N–H and O–H groups in total. The van der Waals surface area contributed by atoms with Crippen molar-refractivity contribution < 1.29 is 14.3 Å². The van der Waals surface area contributed by atoms with E-state index in [-0.39, 0.29) is 5.91 Å². The third-order valence-electron chi connectivity index (χ3n) is 7.35. The molecule has 8 nitrogen and oxygen atoms in total. The lowest BCUT2D eigenvalue weighted by atomic mass is 10.1. The highest BCUT2D eigenvalue weighted by Gasteiger charge is 2.26. The fourth-order valence-corrected chi connectivity index (χ4v) is 5.57. The fraction of sp³-hybridized carbons (Fsp3) is 0.333. The number of likely N-dealkylation sites (tertiary alicyclic amines) is 1. The molecule has 210 valence electrons. The fourth-order valence-electron chi connectivity index (χ4n) is 5.27. The van der Waals surface area contributed by atoms with E-state index in [1.807, 2.05) is 35.2 Å². The van der Waals surface area contributed by atoms with Crippen LogP contribution >= 0.6 is 23.2 Å². The highest BCUT2D eigenvalue weighted by atomic mass is 35.5. The van der Waals surface area contributed by atoms with E-state index < -0.39 is 6.03 Å². The van der Waals surface area contributed by atoms with E-state index in [0.717, 1.165) is 75.7 Å². The number of anilines is 4. The van der Waals surface area contributed by atoms with Crippen LogP contribution in [0, 0.1) is 0 Å². The zero-order chi connectivity index (χ0) is 28.1. The van der Waals surface area contributed by atoms with Gasteiger partial charge in [-0.2, -0.15) is 0 Å². The van der Waals surface area contributed by atoms with Crippen LogP contribution < -0.4 is 25.2 Å². The summed E-state index contributed by atoms with van der Waals surface area (Å²) in [5, 5.41) is 6.38. The molecule has 2 fully saturated rings. The summed E-state index contributed by atoms with van der Waals surface area (Å²) in [5.41, 5.74) is 3.60. The first kappa shape index (κ1) is 27.9. The minimum Gasteiger partial charge on any atom is -0.495 e. The Kier molecular flexibility index (Phi) is 8.87. The molecule has 0 aliphatic carbocycles. The van der Waals surface area contributed by atoms with Gasteiger partial charge in [-0.3, -0.25) is 4.79 Å². The molecule has 0 spiro atoms. The molecule has 3 aromatic carbocycles. The van der Waals surface area contributed by atoms with Gasteiger partial charge in [-0.15, -0.1) is 0 Å². The van der Waals surface area contributed by atoms with Gasteiger partial charge in [0, 0.05) is 56.3 Å². The monoisotopic (exact) mass is 581 g/mol. The second kappa shape index (κ2) is 12.7. The molecule has 0 radical (unpaired) electrons. The summed E-state index contributed by atoms with van der Waals surface area (Å²) < 4.78 is 5.56. The SMILES string of the molecule is COc1ccccc1N1CCN(c2ccc(NC(=O)Nc3ccc(Cl)c(Cl)c3)cc2C(=O)N2CCCCC2)CC1. The summed E-state index contributed by atoms with van der Waals surface area (Å²) in [6.07, 6.45) is 3.14. The van der Waals surface area contributed by atoms with Gasteiger partial charge in [-0.25, -0.2) is 4.79 Å². The standard InChI is InChI=1S/C30H33Cl2N5O3/c1-40-28-8-4-3-7-27(28)36-17-15-35(16-18-36)26-12-10-21(19-23(26)29(38)37-13-5-2-6-14-37)33-30(39)34-22-9-11-24(31)25(32)20-22/h3-4,7-12,19-20H,2,5-6,13-18H2,1H3,(H2,33,34,39). The smallest absolute Gasteiger partial charge is 0.323 e. The van der Waals surface area contributed by atoms with Crippen LogP contribution in [0.4, 0.5) is 27.5 Å². The molecule has 0 atom stereocenters. The summed E-state index contributed by atoms with van der Waals surface area (Å²) in [7, 11) is 1.69. The van der Waals surface area contributed by atoms with Crippen molar-refractivity contribution in [3.8, 4) is 5.75 Å². The summed E-state index contributed by atoms with van der Waals surface area (Å²) in [6, 6.07) is 18.0. The molecule has 5 rings (SSSR count). The molecule has 3 aromatic rings. The van der Waals surface area contributed by atoms with Gasteiger partial charge in [0.15, 0.2) is 0 Å². The number of carbonyl (C=O) groups is 2. The van der Waals surface area contributed by atoms with Crippen LogP contribution in [0.15, 0.2) is 60.7 Å². The summed E-state index contributed by atoms with van der Waals surface area (Å²) in [4.78, 5) is 33.0. The number of halogens is 2. The maximum absolute atomic E-state index is 13.7. The van der Waals surface area contributed by atoms with E-state index >= 15 is 0 Å². The Balaban J connectivity index is 1.34. The molecule has 40 heavy (non-hydrogen) atoms. The van der Waals surface area contributed by atoms with Crippen LogP contribution in [0.1, 0.15) is 29.6 Å². The highest BCUT2D eigenvalue weighted by molar-refractivity contribution is 6.42. The highest BCUT2D eigenvalue weighted by Crippen LogP contribution is 2.32. The number of nitrogens with zero attached hydrogens (tertiary/aromatic N) is 3. The average molecular weight is 583 g/mol. The van der Waals surface area contributed by atoms with Crippen LogP contribution in [0.25, 0.3) is 0 Å². The number of nitrogens with one attached hydrogen (secondary N) is 2. The van der Waals surface area contributed by atoms with Crippen LogP contribution in [0.5, 0.6) is 5.75 Å². The molecule has 3 amide bonds. The number of urea groups is 1. The Morgan fingerprint density at radius 1 is 0.725 bits per heavy atom. The molecule has 2 aliphatic rings. The number of hydrogen-bond donors (Lipinski definition) is 2. The maximum Gasteiger partial charge on any atom is 0.323 e. The van der Waals surface area contributed by atoms with Crippen molar-refractivity contribution in [3.63, 3.8) is 0 Å². The number of piperidine rings is 1. The number of carbonyl (C=O) groups excluding carboxylic acids is 2. The predicted molar refractivity (Wildman–Crippen MR) is 163 cm³/mol. The summed E-state index contributed by atoms with van der Waals surface area (Å²) in [5.74, 6) is 0.849. The zero-order valence-corrected chi connectivity index (χ0v) is 24.0. The Morgan fingerprint density at radius 3 is 2.02 bits per heavy atom. The number of amides is 3. The molecule has 0 bridgehead atoms. The number of benzene rings is 3. The molecule has 0 aromatic heterocycles. The van der Waals surface area contributed by atoms with E-state index in [1.54, 1.807) is 31.4 Å². The number of hydrogen-bond acceptors (Lipinski definition) is 5. The first-order chi connectivity index (χ1) is 19.4. The van der Waals surface area contributed by atoms with E-state index in [9.17, 15) is 9.59 Å². The van der Waals surface area contributed by atoms with Crippen LogP contribution in [-0.4, -0.2) is 63.2 Å². The normalized spacial score (nSPS) is 15.5. The Labute approximate surface area is 244 Å². The van der Waals surface area contributed by atoms with Crippen LogP contribution in [0.2, 0.25) is 10.0 Å². The van der Waals surface area contributed by atoms with Gasteiger partial charge in [0.2, 0.25) is 0 Å². The van der Waals surface area contributed by atoms with E-state index in [0.29, 0.717) is 27.0 Å². The first-order valence-electron chi connectivity index (χ1n) is 13.5. The Bertz CT molecular complexity index is 1370. The van der Waals surface area contributed by atoms with Gasteiger partial charge in [-0.05, 0) is 67.8 Å². The molecule has 2 heterocycles. The minimum absolute atomic E-state index is 0.00426. The van der Waals surface area contributed by atoms with Crippen LogP contribution in [0.3, 0.4) is 0 Å². The van der Waals surface area contributed by atoms with Gasteiger partial charge in [0.25, 0.3) is 5.91 Å². The van der Waals surface area contributed by atoms with Gasteiger partial charge in [0.05, 0.1) is 28.4 Å². The molecule has 0 unspecified atom stereocenters. The van der Waals surface area contributed by atoms with Gasteiger partial charge < -0.3 is 30.1 Å². The van der Waals surface area contributed by atoms with Crippen molar-refractivity contribution in [3.05, 3.63) is 76.3 Å².